The van der Waals surface area contributed by atoms with Gasteiger partial charge in [-0.2, -0.15) is 5.26 Å². The molecule has 0 bridgehead atoms. The van der Waals surface area contributed by atoms with Crippen molar-refractivity contribution in [3.8, 4) is 17.5 Å². The van der Waals surface area contributed by atoms with Gasteiger partial charge in [0.2, 0.25) is 5.95 Å². The largest absolute Gasteiger partial charge is 0.377 e. The van der Waals surface area contributed by atoms with E-state index in [9.17, 15) is 4.79 Å². The number of piperidine rings is 1. The van der Waals surface area contributed by atoms with E-state index in [-0.39, 0.29) is 22.3 Å². The van der Waals surface area contributed by atoms with Crippen LogP contribution >= 0.6 is 11.6 Å². The quantitative estimate of drug-likeness (QED) is 0.391. The summed E-state index contributed by atoms with van der Waals surface area (Å²) in [5.74, 6) is 1.03. The number of allylic oxidation sites excluding steroid dienone is 1. The molecule has 1 aromatic carbocycles. The third-order valence-corrected chi connectivity index (χ3v) is 6.72. The number of hydrogen-bond donors (Lipinski definition) is 2. The molecule has 0 radical (unpaired) electrons. The molecule has 1 aliphatic rings. The molecule has 1 unspecified atom stereocenters. The van der Waals surface area contributed by atoms with Crippen molar-refractivity contribution in [2.75, 3.05) is 24.1 Å². The first-order valence-corrected chi connectivity index (χ1v) is 12.3. The van der Waals surface area contributed by atoms with Crippen molar-refractivity contribution >= 4 is 34.8 Å². The SMILES string of the molecule is CC=CN1CCCC(c2nc(-c3ccc(C(=O)Nc4cc(C#N)ccn4)c(Cl)c3)n3c(N)nccc23)C1. The van der Waals surface area contributed by atoms with E-state index in [2.05, 4.69) is 32.5 Å². The number of carbonyl (C=O) groups excluding carboxylic acids is 1. The Labute approximate surface area is 219 Å². The fraction of sp³-hybridized carbons (Fsp3) is 0.222. The summed E-state index contributed by atoms with van der Waals surface area (Å²) in [5.41, 5.74) is 9.57. The minimum atomic E-state index is -0.430. The standard InChI is InChI=1S/C27H25ClN8O/c1-2-11-35-12-3-4-19(16-35)24-22-8-10-32-27(30)36(22)25(34-24)18-5-6-20(21(28)14-18)26(37)33-23-13-17(15-29)7-9-31-23/h2,5-11,13-14,19H,3-4,12,16H2,1H3,(H2,30,32)(H,31,33,37). The van der Waals surface area contributed by atoms with Crippen LogP contribution < -0.4 is 11.1 Å². The summed E-state index contributed by atoms with van der Waals surface area (Å²) >= 11 is 6.57. The summed E-state index contributed by atoms with van der Waals surface area (Å²) in [6.45, 7) is 3.92. The van der Waals surface area contributed by atoms with Crippen LogP contribution in [0.2, 0.25) is 5.02 Å². The van der Waals surface area contributed by atoms with E-state index in [1.165, 1.54) is 12.3 Å². The van der Waals surface area contributed by atoms with E-state index in [4.69, 9.17) is 27.6 Å². The van der Waals surface area contributed by atoms with Crippen LogP contribution in [0.5, 0.6) is 0 Å². The Hall–Kier alpha value is -4.42. The van der Waals surface area contributed by atoms with Crippen LogP contribution in [0, 0.1) is 11.3 Å². The second-order valence-electron chi connectivity index (χ2n) is 8.85. The van der Waals surface area contributed by atoms with Gasteiger partial charge < -0.3 is 16.0 Å². The molecule has 1 amide bonds. The summed E-state index contributed by atoms with van der Waals surface area (Å²) < 4.78 is 1.84. The predicted molar refractivity (Wildman–Crippen MR) is 143 cm³/mol. The Morgan fingerprint density at radius 1 is 1.24 bits per heavy atom. The zero-order chi connectivity index (χ0) is 25.9. The molecule has 3 aromatic heterocycles. The number of carbonyl (C=O) groups is 1. The van der Waals surface area contributed by atoms with Crippen LogP contribution in [0.25, 0.3) is 16.9 Å². The van der Waals surface area contributed by atoms with Gasteiger partial charge in [0.25, 0.3) is 5.91 Å². The number of pyridine rings is 1. The number of amides is 1. The number of fused-ring (bicyclic) bond motifs is 1. The fourth-order valence-electron chi connectivity index (χ4n) is 4.74. The maximum atomic E-state index is 12.9. The van der Waals surface area contributed by atoms with Crippen molar-refractivity contribution in [1.29, 1.82) is 5.26 Å². The lowest BCUT2D eigenvalue weighted by Gasteiger charge is -2.31. The second-order valence-corrected chi connectivity index (χ2v) is 9.26. The molecule has 1 saturated heterocycles. The Bertz CT molecular complexity index is 1550. The summed E-state index contributed by atoms with van der Waals surface area (Å²) in [4.78, 5) is 28.6. The number of nitrogens with one attached hydrogen (secondary N) is 1. The Morgan fingerprint density at radius 2 is 2.08 bits per heavy atom. The van der Waals surface area contributed by atoms with Gasteiger partial charge in [0.05, 0.1) is 33.4 Å². The number of rotatable bonds is 5. The molecule has 3 N–H and O–H groups in total. The predicted octanol–water partition coefficient (Wildman–Crippen LogP) is 4.86. The van der Waals surface area contributed by atoms with Gasteiger partial charge in [-0.3, -0.25) is 9.20 Å². The van der Waals surface area contributed by atoms with Crippen molar-refractivity contribution in [2.45, 2.75) is 25.7 Å². The van der Waals surface area contributed by atoms with E-state index in [1.807, 2.05) is 23.5 Å². The highest BCUT2D eigenvalue weighted by atomic mass is 35.5. The Balaban J connectivity index is 1.49. The van der Waals surface area contributed by atoms with Crippen molar-refractivity contribution in [1.82, 2.24) is 24.3 Å². The van der Waals surface area contributed by atoms with Crippen molar-refractivity contribution in [3.63, 3.8) is 0 Å². The highest BCUT2D eigenvalue weighted by Gasteiger charge is 2.26. The minimum absolute atomic E-state index is 0.243. The van der Waals surface area contributed by atoms with E-state index >= 15 is 0 Å². The molecule has 37 heavy (non-hydrogen) atoms. The van der Waals surface area contributed by atoms with Crippen LogP contribution in [0.4, 0.5) is 11.8 Å². The van der Waals surface area contributed by atoms with Gasteiger partial charge in [-0.1, -0.05) is 23.7 Å². The van der Waals surface area contributed by atoms with Crippen LogP contribution in [-0.2, 0) is 0 Å². The van der Waals surface area contributed by atoms with Crippen LogP contribution in [0.15, 0.2) is 61.1 Å². The molecular formula is C27H25ClN8O. The Morgan fingerprint density at radius 3 is 2.86 bits per heavy atom. The smallest absolute Gasteiger partial charge is 0.258 e. The first kappa shape index (κ1) is 24.3. The zero-order valence-corrected chi connectivity index (χ0v) is 21.0. The first-order chi connectivity index (χ1) is 18.0. The maximum absolute atomic E-state index is 12.9. The van der Waals surface area contributed by atoms with Gasteiger partial charge in [0, 0.05) is 37.0 Å². The fourth-order valence-corrected chi connectivity index (χ4v) is 5.01. The summed E-state index contributed by atoms with van der Waals surface area (Å²) in [7, 11) is 0. The van der Waals surface area contributed by atoms with Gasteiger partial charge >= 0.3 is 0 Å². The molecule has 5 rings (SSSR count). The van der Waals surface area contributed by atoms with Crippen molar-refractivity contribution < 1.29 is 4.79 Å². The number of nitrogens with two attached hydrogens (primary N) is 1. The topological polar surface area (TPSA) is 125 Å². The lowest BCUT2D eigenvalue weighted by atomic mass is 9.94. The van der Waals surface area contributed by atoms with Gasteiger partial charge in [-0.05, 0) is 56.3 Å². The summed E-state index contributed by atoms with van der Waals surface area (Å²) in [5, 5.41) is 12.0. The number of nitrogen functional groups attached to an aromatic ring is 1. The first-order valence-electron chi connectivity index (χ1n) is 12.0. The summed E-state index contributed by atoms with van der Waals surface area (Å²) in [6, 6.07) is 12.1. The number of nitrogens with zero attached hydrogens (tertiary/aromatic N) is 6. The second kappa shape index (κ2) is 10.3. The number of halogens is 1. The van der Waals surface area contributed by atoms with Crippen molar-refractivity contribution in [3.05, 3.63) is 82.9 Å². The third kappa shape index (κ3) is 4.84. The number of imidazole rings is 1. The Kier molecular flexibility index (Phi) is 6.75. The normalized spacial score (nSPS) is 15.7. The number of nitriles is 1. The van der Waals surface area contributed by atoms with E-state index in [0.717, 1.165) is 37.1 Å². The maximum Gasteiger partial charge on any atom is 0.258 e. The lowest BCUT2D eigenvalue weighted by Crippen LogP contribution is -2.30. The number of aromatic nitrogens is 4. The monoisotopic (exact) mass is 512 g/mol. The molecule has 1 fully saturated rings. The molecule has 0 aliphatic carbocycles. The highest BCUT2D eigenvalue weighted by Crippen LogP contribution is 2.34. The molecular weight excluding hydrogens is 488 g/mol. The average Bonchev–Trinajstić information content (AvgIpc) is 3.30. The molecule has 4 aromatic rings. The van der Waals surface area contributed by atoms with E-state index in [1.54, 1.807) is 30.5 Å². The third-order valence-electron chi connectivity index (χ3n) is 6.41. The minimum Gasteiger partial charge on any atom is -0.377 e. The van der Waals surface area contributed by atoms with Gasteiger partial charge in [-0.15, -0.1) is 0 Å². The zero-order valence-electron chi connectivity index (χ0n) is 20.2. The summed E-state index contributed by atoms with van der Waals surface area (Å²) in [6.07, 6.45) is 9.44. The number of benzene rings is 1. The lowest BCUT2D eigenvalue weighted by molar-refractivity contribution is 0.102. The van der Waals surface area contributed by atoms with Gasteiger partial charge in [0.1, 0.15) is 11.6 Å². The van der Waals surface area contributed by atoms with Gasteiger partial charge in [-0.25, -0.2) is 15.0 Å². The number of likely N-dealkylation sites (tertiary alicyclic amines) is 1. The van der Waals surface area contributed by atoms with Crippen molar-refractivity contribution in [2.24, 2.45) is 0 Å². The van der Waals surface area contributed by atoms with Gasteiger partial charge in [0.15, 0.2) is 0 Å². The average molecular weight is 513 g/mol. The van der Waals surface area contributed by atoms with Crippen LogP contribution in [-0.4, -0.2) is 43.2 Å². The molecule has 1 atom stereocenters. The number of anilines is 2. The molecule has 4 heterocycles. The molecule has 10 heteroatoms. The van der Waals surface area contributed by atoms with E-state index in [0.29, 0.717) is 22.9 Å². The molecule has 0 spiro atoms. The molecule has 1 aliphatic heterocycles. The molecule has 186 valence electrons. The highest BCUT2D eigenvalue weighted by molar-refractivity contribution is 6.34. The van der Waals surface area contributed by atoms with E-state index < -0.39 is 5.91 Å². The van der Waals surface area contributed by atoms with Crippen LogP contribution in [0.3, 0.4) is 0 Å². The molecule has 0 saturated carbocycles. The number of hydrogen-bond acceptors (Lipinski definition) is 7. The van der Waals surface area contributed by atoms with Crippen LogP contribution in [0.1, 0.15) is 47.3 Å². The molecule has 9 nitrogen and oxygen atoms in total.